The Hall–Kier alpha value is -4.35. The molecule has 12 heteroatoms. The number of nitrogens with one attached hydrogen (secondary N) is 1. The van der Waals surface area contributed by atoms with Gasteiger partial charge in [-0.05, 0) is 49.4 Å². The molecule has 41 heavy (non-hydrogen) atoms. The summed E-state index contributed by atoms with van der Waals surface area (Å²) in [6, 6.07) is 10.7. The highest BCUT2D eigenvalue weighted by molar-refractivity contribution is 6.20. The van der Waals surface area contributed by atoms with Crippen LogP contribution >= 0.6 is 11.6 Å². The second kappa shape index (κ2) is 9.35. The summed E-state index contributed by atoms with van der Waals surface area (Å²) in [6.07, 6.45) is 3.72. The Kier molecular flexibility index (Phi) is 5.10. The SMILES string of the molecule is [2H]C([2H])([2H])n1cc2c(n1)-c1cc(-c3cc(C(=O)Nc4ccc(OC(F)(F)Cl)cc4)cc4nc5n(c34)[C@H](C)COC5)cnc1C2. The number of anilines is 1. The average molecular weight is 580 g/mol. The maximum absolute atomic E-state index is 13.5. The average Bonchev–Trinajstić information content (AvgIpc) is 3.64. The summed E-state index contributed by atoms with van der Waals surface area (Å²) in [5.74, 6) is 0.104. The molecule has 0 fully saturated rings. The van der Waals surface area contributed by atoms with E-state index in [0.29, 0.717) is 53.2 Å². The first-order chi connectivity index (χ1) is 20.8. The van der Waals surface area contributed by atoms with Crippen LogP contribution in [0.3, 0.4) is 0 Å². The lowest BCUT2D eigenvalue weighted by molar-refractivity contribution is -0.0964. The van der Waals surface area contributed by atoms with Gasteiger partial charge in [-0.15, -0.1) is 8.78 Å². The Morgan fingerprint density at radius 1 is 1.24 bits per heavy atom. The molecule has 1 aliphatic heterocycles. The molecule has 0 radical (unpaired) electrons. The van der Waals surface area contributed by atoms with Crippen molar-refractivity contribution in [2.45, 2.75) is 31.6 Å². The van der Waals surface area contributed by atoms with Crippen molar-refractivity contribution >= 4 is 34.2 Å². The number of alkyl halides is 3. The van der Waals surface area contributed by atoms with Crippen LogP contribution in [0.5, 0.6) is 5.75 Å². The summed E-state index contributed by atoms with van der Waals surface area (Å²) in [6.45, 7) is 0.430. The summed E-state index contributed by atoms with van der Waals surface area (Å²) in [4.78, 5) is 23.0. The summed E-state index contributed by atoms with van der Waals surface area (Å²) in [5, 5.41) is 7.13. The van der Waals surface area contributed by atoms with Crippen LogP contribution in [-0.4, -0.2) is 42.4 Å². The van der Waals surface area contributed by atoms with E-state index in [1.165, 1.54) is 30.5 Å². The number of rotatable bonds is 5. The third kappa shape index (κ3) is 4.60. The number of pyridine rings is 1. The molecule has 3 aromatic heterocycles. The smallest absolute Gasteiger partial charge is 0.420 e. The lowest BCUT2D eigenvalue weighted by Crippen LogP contribution is -2.21. The Balaban J connectivity index is 1.30. The van der Waals surface area contributed by atoms with Crippen molar-refractivity contribution in [1.29, 1.82) is 0 Å². The molecule has 9 nitrogen and oxygen atoms in total. The minimum absolute atomic E-state index is 0.0211. The number of aryl methyl sites for hydroxylation is 1. The first kappa shape index (κ1) is 22.4. The molecule has 0 saturated heterocycles. The first-order valence-corrected chi connectivity index (χ1v) is 13.1. The van der Waals surface area contributed by atoms with Gasteiger partial charge in [0.1, 0.15) is 18.2 Å². The minimum atomic E-state index is -3.85. The number of carbonyl (C=O) groups is 1. The maximum Gasteiger partial charge on any atom is 0.487 e. The van der Waals surface area contributed by atoms with Crippen LogP contribution in [0, 0.1) is 0 Å². The largest absolute Gasteiger partial charge is 0.487 e. The molecule has 1 N–H and O–H groups in total. The number of hydrogen-bond donors (Lipinski definition) is 1. The fourth-order valence-electron chi connectivity index (χ4n) is 5.48. The summed E-state index contributed by atoms with van der Waals surface area (Å²) in [7, 11) is 0. The standard InChI is InChI=1S/C29H23ClF2N6O3/c1-15-13-40-14-25-35-24-9-16(28(39)34-19-3-5-20(6-4-19)41-29(30,31)32)7-21(27(24)38(15)25)17-8-22-23(33-11-17)10-18-12-37(2)36-26(18)22/h3-9,11-12,15H,10,13-14H2,1-2H3,(H,34,39)/t15-/m1/s1/i2D3. The van der Waals surface area contributed by atoms with Crippen molar-refractivity contribution in [1.82, 2.24) is 24.3 Å². The summed E-state index contributed by atoms with van der Waals surface area (Å²) < 4.78 is 62.3. The van der Waals surface area contributed by atoms with E-state index in [9.17, 15) is 13.6 Å². The van der Waals surface area contributed by atoms with Gasteiger partial charge in [-0.25, -0.2) is 4.98 Å². The maximum atomic E-state index is 13.5. The molecule has 0 saturated carbocycles. The first-order valence-electron chi connectivity index (χ1n) is 14.2. The van der Waals surface area contributed by atoms with Crippen molar-refractivity contribution < 1.29 is 27.2 Å². The number of imidazole rings is 1. The number of fused-ring (bicyclic) bond motifs is 6. The highest BCUT2D eigenvalue weighted by Gasteiger charge is 2.29. The van der Waals surface area contributed by atoms with Crippen LogP contribution in [0.25, 0.3) is 33.4 Å². The summed E-state index contributed by atoms with van der Waals surface area (Å²) >= 11 is 4.83. The number of hydrogen-bond acceptors (Lipinski definition) is 6. The van der Waals surface area contributed by atoms with Crippen molar-refractivity contribution in [3.63, 3.8) is 0 Å². The van der Waals surface area contributed by atoms with Gasteiger partial charge in [-0.3, -0.25) is 14.5 Å². The number of carbonyl (C=O) groups excluding carboxylic acids is 1. The van der Waals surface area contributed by atoms with Gasteiger partial charge in [0, 0.05) is 75.0 Å². The van der Waals surface area contributed by atoms with E-state index >= 15 is 0 Å². The van der Waals surface area contributed by atoms with Gasteiger partial charge in [0.2, 0.25) is 0 Å². The zero-order chi connectivity index (χ0) is 31.0. The van der Waals surface area contributed by atoms with E-state index in [0.717, 1.165) is 32.8 Å². The normalized spacial score (nSPS) is 17.3. The molecule has 0 unspecified atom stereocenters. The molecule has 2 aromatic carbocycles. The fourth-order valence-corrected chi connectivity index (χ4v) is 5.57. The molecule has 0 bridgehead atoms. The molecule has 208 valence electrons. The molecular formula is C29H23ClF2N6O3. The van der Waals surface area contributed by atoms with Gasteiger partial charge in [0.25, 0.3) is 5.91 Å². The Labute approximate surface area is 241 Å². The second-order valence-corrected chi connectivity index (χ2v) is 10.5. The lowest BCUT2D eigenvalue weighted by Gasteiger charge is -2.23. The van der Waals surface area contributed by atoms with Gasteiger partial charge in [-0.2, -0.15) is 5.10 Å². The number of benzene rings is 2. The predicted molar refractivity (Wildman–Crippen MR) is 148 cm³/mol. The molecular weight excluding hydrogens is 554 g/mol. The van der Waals surface area contributed by atoms with Crippen LogP contribution in [-0.2, 0) is 24.7 Å². The molecule has 1 aliphatic carbocycles. The lowest BCUT2D eigenvalue weighted by atomic mass is 9.99. The Bertz CT molecular complexity index is 1950. The topological polar surface area (TPSA) is 96.1 Å². The number of ether oxygens (including phenoxy) is 2. The Morgan fingerprint density at radius 2 is 2.07 bits per heavy atom. The number of aromatic nitrogens is 5. The van der Waals surface area contributed by atoms with Crippen molar-refractivity contribution in [3.05, 3.63) is 77.5 Å². The highest BCUT2D eigenvalue weighted by Crippen LogP contribution is 2.40. The third-order valence-corrected chi connectivity index (χ3v) is 7.26. The Morgan fingerprint density at radius 3 is 2.85 bits per heavy atom. The molecule has 1 amide bonds. The van der Waals surface area contributed by atoms with E-state index < -0.39 is 18.5 Å². The molecule has 4 heterocycles. The molecule has 5 aromatic rings. The van der Waals surface area contributed by atoms with Crippen LogP contribution in [0.4, 0.5) is 14.5 Å². The van der Waals surface area contributed by atoms with E-state index in [4.69, 9.17) is 30.4 Å². The zero-order valence-corrected chi connectivity index (χ0v) is 22.2. The van der Waals surface area contributed by atoms with Crippen molar-refractivity contribution in [2.24, 2.45) is 6.98 Å². The van der Waals surface area contributed by atoms with Crippen LogP contribution in [0.1, 0.15) is 44.5 Å². The van der Waals surface area contributed by atoms with Gasteiger partial charge in [0.05, 0.1) is 35.1 Å². The third-order valence-electron chi connectivity index (χ3n) is 7.18. The fraction of sp³-hybridized carbons (Fsp3) is 0.241. The molecule has 7 rings (SSSR count). The zero-order valence-electron chi connectivity index (χ0n) is 24.5. The number of amides is 1. The van der Waals surface area contributed by atoms with E-state index in [-0.39, 0.29) is 11.8 Å². The van der Waals surface area contributed by atoms with Gasteiger partial charge in [-0.1, -0.05) is 0 Å². The number of halogens is 3. The van der Waals surface area contributed by atoms with Gasteiger partial charge in [0.15, 0.2) is 0 Å². The minimum Gasteiger partial charge on any atom is -0.420 e. The molecule has 2 aliphatic rings. The van der Waals surface area contributed by atoms with E-state index in [2.05, 4.69) is 19.7 Å². The highest BCUT2D eigenvalue weighted by atomic mass is 35.5. The monoisotopic (exact) mass is 579 g/mol. The molecule has 0 spiro atoms. The molecule has 1 atom stereocenters. The van der Waals surface area contributed by atoms with E-state index in [1.807, 2.05) is 13.0 Å². The van der Waals surface area contributed by atoms with Gasteiger partial charge < -0.3 is 19.4 Å². The van der Waals surface area contributed by atoms with Crippen LogP contribution < -0.4 is 10.1 Å². The summed E-state index contributed by atoms with van der Waals surface area (Å²) in [5.41, 5.74) is 2.44. The number of nitrogens with zero attached hydrogens (tertiary/aromatic N) is 5. The van der Waals surface area contributed by atoms with Gasteiger partial charge >= 0.3 is 5.57 Å². The van der Waals surface area contributed by atoms with Crippen molar-refractivity contribution in [3.8, 4) is 28.1 Å². The predicted octanol–water partition coefficient (Wildman–Crippen LogP) is 5.91. The second-order valence-electron chi connectivity index (χ2n) is 10.0. The quantitative estimate of drug-likeness (QED) is 0.255. The van der Waals surface area contributed by atoms with Crippen LogP contribution in [0.2, 0.25) is 0 Å². The van der Waals surface area contributed by atoms with Crippen molar-refractivity contribution in [2.75, 3.05) is 11.9 Å². The van der Waals surface area contributed by atoms with Crippen LogP contribution in [0.15, 0.2) is 54.9 Å². The van der Waals surface area contributed by atoms with E-state index in [1.54, 1.807) is 18.3 Å².